The van der Waals surface area contributed by atoms with Gasteiger partial charge in [0.1, 0.15) is 0 Å². The third-order valence-electron chi connectivity index (χ3n) is 2.98. The molecule has 1 fully saturated rings. The summed E-state index contributed by atoms with van der Waals surface area (Å²) >= 11 is 0. The molecule has 1 saturated heterocycles. The quantitative estimate of drug-likeness (QED) is 0.840. The molecule has 0 atom stereocenters. The highest BCUT2D eigenvalue weighted by atomic mass is 16.5. The van der Waals surface area contributed by atoms with E-state index in [9.17, 15) is 4.79 Å². The lowest BCUT2D eigenvalue weighted by Crippen LogP contribution is -2.21. The minimum atomic E-state index is -1.00. The number of aliphatic carboxylic acids is 1. The normalized spacial score (nSPS) is 14.7. The van der Waals surface area contributed by atoms with Crippen LogP contribution in [0.2, 0.25) is 0 Å². The first-order valence-corrected chi connectivity index (χ1v) is 6.66. The number of ether oxygens (including phenoxy) is 1. The molecule has 0 unspecified atom stereocenters. The molecule has 6 heteroatoms. The van der Waals surface area contributed by atoms with Gasteiger partial charge in [-0.25, -0.2) is 9.78 Å². The van der Waals surface area contributed by atoms with E-state index in [2.05, 4.69) is 21.8 Å². The number of aryl methyl sites for hydroxylation is 1. The van der Waals surface area contributed by atoms with Crippen molar-refractivity contribution >= 4 is 11.9 Å². The molecule has 0 radical (unpaired) electrons. The Morgan fingerprint density at radius 3 is 2.79 bits per heavy atom. The molecule has 1 N–H and O–H groups in total. The van der Waals surface area contributed by atoms with Gasteiger partial charge in [-0.1, -0.05) is 13.3 Å². The number of nitrogens with zero attached hydrogens (tertiary/aromatic N) is 3. The standard InChI is InChI=1S/C13H19N3O3/c1-2-5-10-8-11(19-9-12(17)18)15-13(14-10)16-6-3-4-7-16/h8H,2-7,9H2,1H3,(H,17,18). The predicted octanol–water partition coefficient (Wildman–Crippen LogP) is 1.49. The summed E-state index contributed by atoms with van der Waals surface area (Å²) in [6.07, 6.45) is 4.11. The molecular formula is C13H19N3O3. The van der Waals surface area contributed by atoms with Gasteiger partial charge in [-0.3, -0.25) is 0 Å². The van der Waals surface area contributed by atoms with Gasteiger partial charge in [0.05, 0.1) is 0 Å². The van der Waals surface area contributed by atoms with Crippen molar-refractivity contribution in [2.45, 2.75) is 32.6 Å². The van der Waals surface area contributed by atoms with Gasteiger partial charge in [-0.15, -0.1) is 0 Å². The average Bonchev–Trinajstić information content (AvgIpc) is 2.90. The van der Waals surface area contributed by atoms with Gasteiger partial charge in [0.2, 0.25) is 11.8 Å². The topological polar surface area (TPSA) is 75.6 Å². The molecule has 2 heterocycles. The molecule has 1 aromatic rings. The molecule has 1 aliphatic heterocycles. The second-order valence-corrected chi connectivity index (χ2v) is 4.62. The van der Waals surface area contributed by atoms with E-state index in [0.29, 0.717) is 11.8 Å². The van der Waals surface area contributed by atoms with Crippen molar-refractivity contribution in [1.82, 2.24) is 9.97 Å². The molecule has 1 aliphatic rings. The maximum absolute atomic E-state index is 10.5. The summed E-state index contributed by atoms with van der Waals surface area (Å²) in [5.41, 5.74) is 0.903. The largest absolute Gasteiger partial charge is 0.479 e. The zero-order valence-electron chi connectivity index (χ0n) is 11.1. The number of anilines is 1. The maximum Gasteiger partial charge on any atom is 0.341 e. The molecule has 104 valence electrons. The summed E-state index contributed by atoms with van der Waals surface area (Å²) < 4.78 is 5.18. The molecule has 6 nitrogen and oxygen atoms in total. The van der Waals surface area contributed by atoms with E-state index >= 15 is 0 Å². The first-order valence-electron chi connectivity index (χ1n) is 6.66. The van der Waals surface area contributed by atoms with Crippen molar-refractivity contribution in [3.05, 3.63) is 11.8 Å². The first kappa shape index (κ1) is 13.6. The summed E-state index contributed by atoms with van der Waals surface area (Å²) in [7, 11) is 0. The van der Waals surface area contributed by atoms with E-state index in [1.54, 1.807) is 6.07 Å². The average molecular weight is 265 g/mol. The Labute approximate surface area is 112 Å². The van der Waals surface area contributed by atoms with Crippen molar-refractivity contribution < 1.29 is 14.6 Å². The lowest BCUT2D eigenvalue weighted by molar-refractivity contribution is -0.139. The van der Waals surface area contributed by atoms with Crippen LogP contribution in [0.4, 0.5) is 5.95 Å². The molecule has 2 rings (SSSR count). The van der Waals surface area contributed by atoms with E-state index in [0.717, 1.165) is 44.5 Å². The van der Waals surface area contributed by atoms with Gasteiger partial charge in [-0.2, -0.15) is 4.98 Å². The van der Waals surface area contributed by atoms with Crippen LogP contribution in [0.25, 0.3) is 0 Å². The lowest BCUT2D eigenvalue weighted by atomic mass is 10.2. The summed E-state index contributed by atoms with van der Waals surface area (Å²) in [6, 6.07) is 1.73. The van der Waals surface area contributed by atoms with Crippen LogP contribution in [0, 0.1) is 0 Å². The molecular weight excluding hydrogens is 246 g/mol. The van der Waals surface area contributed by atoms with Crippen molar-refractivity contribution in [1.29, 1.82) is 0 Å². The fraction of sp³-hybridized carbons (Fsp3) is 0.615. The van der Waals surface area contributed by atoms with Crippen molar-refractivity contribution in [2.75, 3.05) is 24.6 Å². The number of carboxylic acids is 1. The Bertz CT molecular complexity index is 445. The Hall–Kier alpha value is -1.85. The molecule has 19 heavy (non-hydrogen) atoms. The van der Waals surface area contributed by atoms with Crippen molar-refractivity contribution in [3.63, 3.8) is 0 Å². The number of aromatic nitrogens is 2. The van der Waals surface area contributed by atoms with Gasteiger partial charge in [0, 0.05) is 24.8 Å². The first-order chi connectivity index (χ1) is 9.19. The zero-order chi connectivity index (χ0) is 13.7. The molecule has 0 aromatic carbocycles. The monoisotopic (exact) mass is 265 g/mol. The number of hydrogen-bond acceptors (Lipinski definition) is 5. The molecule has 0 aliphatic carbocycles. The number of carbonyl (C=O) groups is 1. The fourth-order valence-electron chi connectivity index (χ4n) is 2.11. The summed E-state index contributed by atoms with van der Waals surface area (Å²) in [5.74, 6) is 0.00460. The van der Waals surface area contributed by atoms with Gasteiger partial charge < -0.3 is 14.7 Å². The Kier molecular flexibility index (Phi) is 4.54. The van der Waals surface area contributed by atoms with E-state index in [1.807, 2.05) is 0 Å². The molecule has 0 spiro atoms. The highest BCUT2D eigenvalue weighted by Crippen LogP contribution is 2.20. The second kappa shape index (κ2) is 6.36. The smallest absolute Gasteiger partial charge is 0.341 e. The van der Waals surface area contributed by atoms with E-state index in [-0.39, 0.29) is 6.61 Å². The van der Waals surface area contributed by atoms with Crippen LogP contribution in [0.1, 0.15) is 31.9 Å². The Morgan fingerprint density at radius 1 is 1.42 bits per heavy atom. The van der Waals surface area contributed by atoms with Crippen LogP contribution in [0.5, 0.6) is 5.88 Å². The second-order valence-electron chi connectivity index (χ2n) is 4.62. The van der Waals surface area contributed by atoms with Gasteiger partial charge >= 0.3 is 5.97 Å². The van der Waals surface area contributed by atoms with Crippen LogP contribution in [0.15, 0.2) is 6.07 Å². The highest BCUT2D eigenvalue weighted by molar-refractivity contribution is 5.68. The minimum Gasteiger partial charge on any atom is -0.479 e. The molecule has 1 aromatic heterocycles. The third kappa shape index (κ3) is 3.81. The predicted molar refractivity (Wildman–Crippen MR) is 70.6 cm³/mol. The third-order valence-corrected chi connectivity index (χ3v) is 2.98. The van der Waals surface area contributed by atoms with Gasteiger partial charge in [-0.05, 0) is 19.3 Å². The van der Waals surface area contributed by atoms with E-state index in [4.69, 9.17) is 9.84 Å². The maximum atomic E-state index is 10.5. The van der Waals surface area contributed by atoms with Crippen LogP contribution >= 0.6 is 0 Å². The Balaban J connectivity index is 2.18. The number of hydrogen-bond donors (Lipinski definition) is 1. The molecule has 0 amide bonds. The van der Waals surface area contributed by atoms with Gasteiger partial charge in [0.25, 0.3) is 0 Å². The molecule has 0 saturated carbocycles. The molecule has 0 bridgehead atoms. The Morgan fingerprint density at radius 2 is 2.16 bits per heavy atom. The van der Waals surface area contributed by atoms with Crippen molar-refractivity contribution in [3.8, 4) is 5.88 Å². The fourth-order valence-corrected chi connectivity index (χ4v) is 2.11. The van der Waals surface area contributed by atoms with Crippen LogP contribution in [-0.2, 0) is 11.2 Å². The number of carboxylic acid groups (broad SMARTS) is 1. The minimum absolute atomic E-state index is 0.350. The SMILES string of the molecule is CCCc1cc(OCC(=O)O)nc(N2CCCC2)n1. The zero-order valence-corrected chi connectivity index (χ0v) is 11.1. The van der Waals surface area contributed by atoms with Gasteiger partial charge in [0.15, 0.2) is 6.61 Å². The summed E-state index contributed by atoms with van der Waals surface area (Å²) in [6.45, 7) is 3.61. The lowest BCUT2D eigenvalue weighted by Gasteiger charge is -2.16. The summed E-state index contributed by atoms with van der Waals surface area (Å²) in [4.78, 5) is 21.5. The highest BCUT2D eigenvalue weighted by Gasteiger charge is 2.17. The van der Waals surface area contributed by atoms with E-state index in [1.165, 1.54) is 0 Å². The van der Waals surface area contributed by atoms with Crippen LogP contribution in [-0.4, -0.2) is 40.7 Å². The van der Waals surface area contributed by atoms with E-state index < -0.39 is 5.97 Å². The van der Waals surface area contributed by atoms with Crippen molar-refractivity contribution in [2.24, 2.45) is 0 Å². The number of rotatable bonds is 6. The summed E-state index contributed by atoms with van der Waals surface area (Å²) in [5, 5.41) is 8.65. The van der Waals surface area contributed by atoms with Crippen LogP contribution < -0.4 is 9.64 Å². The van der Waals surface area contributed by atoms with Crippen LogP contribution in [0.3, 0.4) is 0 Å².